The van der Waals surface area contributed by atoms with Crippen LogP contribution in [-0.4, -0.2) is 25.3 Å². The quantitative estimate of drug-likeness (QED) is 0.289. The van der Waals surface area contributed by atoms with Crippen molar-refractivity contribution in [3.05, 3.63) is 0 Å². The minimum absolute atomic E-state index is 0. The molecular weight excluding hydrogens is 131 g/mol. The monoisotopic (exact) mass is 136 g/mol. The van der Waals surface area contributed by atoms with Gasteiger partial charge in [-0.15, -0.1) is 0 Å². The Kier molecular flexibility index (Phi) is 22.6. The van der Waals surface area contributed by atoms with Crippen LogP contribution in [0.25, 0.3) is 0 Å². The molecule has 0 amide bonds. The van der Waals surface area contributed by atoms with E-state index in [1.165, 1.54) is 0 Å². The number of rotatable bonds is 1. The number of hydrogen-bond acceptors (Lipinski definition) is 3. The van der Waals surface area contributed by atoms with Crippen LogP contribution >= 0.6 is 0 Å². The average Bonchev–Trinajstić information content (AvgIpc) is 1.38. The van der Waals surface area contributed by atoms with Gasteiger partial charge in [0.05, 0.1) is 0 Å². The van der Waals surface area contributed by atoms with Gasteiger partial charge in [0.25, 0.3) is 0 Å². The van der Waals surface area contributed by atoms with Gasteiger partial charge >= 0.3 is 29.6 Å². The van der Waals surface area contributed by atoms with E-state index in [1.54, 1.807) is 0 Å². The van der Waals surface area contributed by atoms with Gasteiger partial charge in [0.1, 0.15) is 5.94 Å². The summed E-state index contributed by atoms with van der Waals surface area (Å²) in [6.07, 6.45) is 0. The molecular formula is CH5NaO4S. The molecule has 0 spiro atoms. The number of hydrogen-bond donors (Lipinski definition) is 1. The van der Waals surface area contributed by atoms with Gasteiger partial charge in [-0.05, 0) is 11.1 Å². The second-order valence-corrected chi connectivity index (χ2v) is 1.30. The molecule has 6 heteroatoms. The van der Waals surface area contributed by atoms with E-state index in [0.29, 0.717) is 0 Å². The molecule has 0 aromatic rings. The van der Waals surface area contributed by atoms with Gasteiger partial charge < -0.3 is 15.1 Å². The summed E-state index contributed by atoms with van der Waals surface area (Å²) in [5.74, 6) is -0.778. The average molecular weight is 136 g/mol. The molecule has 0 bridgehead atoms. The molecule has 0 saturated heterocycles. The summed E-state index contributed by atoms with van der Waals surface area (Å²) in [7, 11) is 0. The van der Waals surface area contributed by atoms with Crippen LogP contribution in [0.15, 0.2) is 0 Å². The Morgan fingerprint density at radius 2 is 1.86 bits per heavy atom. The molecule has 1 atom stereocenters. The predicted octanol–water partition coefficient (Wildman–Crippen LogP) is -5.01. The van der Waals surface area contributed by atoms with Gasteiger partial charge in [-0.25, -0.2) is 0 Å². The molecule has 0 fully saturated rings. The molecule has 3 N–H and O–H groups in total. The maximum atomic E-state index is 9.12. The van der Waals surface area contributed by atoms with Crippen molar-refractivity contribution in [2.24, 2.45) is 0 Å². The first kappa shape index (κ1) is 15.7. The molecule has 0 saturated carbocycles. The molecule has 0 rings (SSSR count). The zero-order valence-electron chi connectivity index (χ0n) is 3.88. The Balaban J connectivity index is -0.0000000800. The fraction of sp³-hybridized carbons (Fsp3) is 1.00. The topological polar surface area (TPSA) is 91.9 Å². The van der Waals surface area contributed by atoms with Crippen LogP contribution in [0, 0.1) is 0 Å². The normalized spacial score (nSPS) is 10.6. The molecule has 0 aliphatic heterocycles. The number of aliphatic hydroxyl groups excluding tert-OH is 1. The Morgan fingerprint density at radius 3 is 1.86 bits per heavy atom. The summed E-state index contributed by atoms with van der Waals surface area (Å²) in [5, 5.41) is 7.53. The molecule has 0 aromatic heterocycles. The summed E-state index contributed by atoms with van der Waals surface area (Å²) in [5.41, 5.74) is 0. The van der Waals surface area contributed by atoms with Crippen LogP contribution in [-0.2, 0) is 11.1 Å². The minimum atomic E-state index is -2.27. The smallest absolute Gasteiger partial charge is 0.771 e. The molecule has 7 heavy (non-hydrogen) atoms. The van der Waals surface area contributed by atoms with E-state index in [9.17, 15) is 0 Å². The molecule has 4 nitrogen and oxygen atoms in total. The third-order valence-electron chi connectivity index (χ3n) is 0.105. The van der Waals surface area contributed by atoms with Crippen LogP contribution in [0.4, 0.5) is 0 Å². The van der Waals surface area contributed by atoms with E-state index in [2.05, 4.69) is 0 Å². The van der Waals surface area contributed by atoms with Crippen molar-refractivity contribution in [1.82, 2.24) is 0 Å². The largest absolute Gasteiger partial charge is 1.00 e. The third kappa shape index (κ3) is 19.4. The van der Waals surface area contributed by atoms with Crippen LogP contribution < -0.4 is 29.6 Å². The van der Waals surface area contributed by atoms with E-state index >= 15 is 0 Å². The molecule has 0 aliphatic carbocycles. The standard InChI is InChI=1S/CH4O3S.Na.H2O/c2-1-5(3)4;;/h2H,1H2,(H,3,4);;1H2/q;+1;/p-1. The second kappa shape index (κ2) is 10.1. The van der Waals surface area contributed by atoms with E-state index < -0.39 is 17.0 Å². The van der Waals surface area contributed by atoms with Crippen LogP contribution in [0.3, 0.4) is 0 Å². The van der Waals surface area contributed by atoms with Crippen molar-refractivity contribution in [2.45, 2.75) is 0 Å². The van der Waals surface area contributed by atoms with Crippen LogP contribution in [0.1, 0.15) is 0 Å². The Hall–Kier alpha value is 1.03. The van der Waals surface area contributed by atoms with Gasteiger partial charge in [-0.1, -0.05) is 0 Å². The Labute approximate surface area is 65.8 Å². The summed E-state index contributed by atoms with van der Waals surface area (Å²) >= 11 is -2.27. The van der Waals surface area contributed by atoms with Crippen LogP contribution in [0.5, 0.6) is 0 Å². The maximum absolute atomic E-state index is 9.12. The van der Waals surface area contributed by atoms with Crippen molar-refractivity contribution >= 4 is 11.1 Å². The first-order valence-corrected chi connectivity index (χ1v) is 2.18. The zero-order valence-corrected chi connectivity index (χ0v) is 6.70. The van der Waals surface area contributed by atoms with E-state index in [-0.39, 0.29) is 35.0 Å². The first-order chi connectivity index (χ1) is 2.27. The van der Waals surface area contributed by atoms with Gasteiger partial charge in [0.15, 0.2) is 0 Å². The first-order valence-electron chi connectivity index (χ1n) is 0.938. The van der Waals surface area contributed by atoms with Gasteiger partial charge in [0, 0.05) is 0 Å². The maximum Gasteiger partial charge on any atom is 1.00 e. The van der Waals surface area contributed by atoms with E-state index in [4.69, 9.17) is 13.9 Å². The fourth-order valence-electron chi connectivity index (χ4n) is 0. The van der Waals surface area contributed by atoms with Crippen molar-refractivity contribution in [3.63, 3.8) is 0 Å². The van der Waals surface area contributed by atoms with Crippen molar-refractivity contribution in [3.8, 4) is 0 Å². The fourth-order valence-corrected chi connectivity index (χ4v) is 0. The van der Waals surface area contributed by atoms with Gasteiger partial charge in [-0.3, -0.25) is 4.21 Å². The molecule has 1 unspecified atom stereocenters. The molecule has 0 heterocycles. The Bertz CT molecular complexity index is 47.0. The summed E-state index contributed by atoms with van der Waals surface area (Å²) in [6, 6.07) is 0. The molecule has 0 aliphatic rings. The summed E-state index contributed by atoms with van der Waals surface area (Å²) in [4.78, 5) is 0. The SMILES string of the molecule is O.O=S([O-])CO.[Na+]. The summed E-state index contributed by atoms with van der Waals surface area (Å²) < 4.78 is 18.2. The Morgan fingerprint density at radius 1 is 1.71 bits per heavy atom. The van der Waals surface area contributed by atoms with E-state index in [1.807, 2.05) is 0 Å². The van der Waals surface area contributed by atoms with Gasteiger partial charge in [0.2, 0.25) is 0 Å². The molecule has 0 radical (unpaired) electrons. The van der Waals surface area contributed by atoms with Crippen molar-refractivity contribution < 1.29 is 48.9 Å². The predicted molar refractivity (Wildman–Crippen MR) is 19.6 cm³/mol. The zero-order chi connectivity index (χ0) is 4.28. The van der Waals surface area contributed by atoms with E-state index in [0.717, 1.165) is 0 Å². The second-order valence-electron chi connectivity index (χ2n) is 0.433. The minimum Gasteiger partial charge on any atom is -0.771 e. The third-order valence-corrected chi connectivity index (χ3v) is 0.316. The van der Waals surface area contributed by atoms with Crippen molar-refractivity contribution in [1.29, 1.82) is 0 Å². The molecule has 0 aromatic carbocycles. The number of aliphatic hydroxyl groups is 1. The van der Waals surface area contributed by atoms with Crippen molar-refractivity contribution in [2.75, 3.05) is 5.94 Å². The van der Waals surface area contributed by atoms with Gasteiger partial charge in [-0.2, -0.15) is 0 Å². The summed E-state index contributed by atoms with van der Waals surface area (Å²) in [6.45, 7) is 0. The van der Waals surface area contributed by atoms with Crippen LogP contribution in [0.2, 0.25) is 0 Å². The molecule has 40 valence electrons.